The molecule has 0 aliphatic rings. The van der Waals surface area contributed by atoms with Gasteiger partial charge in [0.2, 0.25) is 5.82 Å². The third kappa shape index (κ3) is 5.30. The van der Waals surface area contributed by atoms with Crippen molar-refractivity contribution in [1.82, 2.24) is 15.1 Å². The molecule has 0 N–H and O–H groups in total. The topological polar surface area (TPSA) is 79.5 Å². The summed E-state index contributed by atoms with van der Waals surface area (Å²) in [5.74, 6) is 1.67. The maximum atomic E-state index is 14.1. The van der Waals surface area contributed by atoms with Gasteiger partial charge < -0.3 is 18.7 Å². The summed E-state index contributed by atoms with van der Waals surface area (Å²) >= 11 is 0. The van der Waals surface area contributed by atoms with Crippen LogP contribution in [0.2, 0.25) is 0 Å². The van der Waals surface area contributed by atoms with Crippen LogP contribution in [0.5, 0.6) is 11.5 Å². The Labute approximate surface area is 178 Å². The van der Waals surface area contributed by atoms with Crippen molar-refractivity contribution in [3.63, 3.8) is 0 Å². The molecular weight excluding hydrogens is 401 g/mol. The van der Waals surface area contributed by atoms with E-state index in [0.29, 0.717) is 47.6 Å². The summed E-state index contributed by atoms with van der Waals surface area (Å²) in [6.07, 6.45) is 3.32. The Morgan fingerprint density at radius 2 is 1.81 bits per heavy atom. The van der Waals surface area contributed by atoms with Gasteiger partial charge in [-0.15, -0.1) is 0 Å². The Hall–Kier alpha value is -3.62. The van der Waals surface area contributed by atoms with Crippen molar-refractivity contribution in [2.24, 2.45) is 0 Å². The number of pyridine rings is 1. The largest absolute Gasteiger partial charge is 0.456 e. The first-order chi connectivity index (χ1) is 15.2. The molecule has 4 rings (SSSR count). The monoisotopic (exact) mass is 421 g/mol. The number of methoxy groups -OCH3 is 1. The van der Waals surface area contributed by atoms with E-state index in [2.05, 4.69) is 15.1 Å². The first-order valence-corrected chi connectivity index (χ1v) is 9.60. The minimum absolute atomic E-state index is 0.131. The van der Waals surface area contributed by atoms with Crippen LogP contribution in [0.25, 0.3) is 22.8 Å². The fraction of sp³-hybridized carbons (Fsp3) is 0.174. The molecule has 8 heteroatoms. The molecule has 0 fully saturated rings. The Bertz CT molecular complexity index is 1120. The minimum Gasteiger partial charge on any atom is -0.456 e. The normalized spacial score (nSPS) is 10.9. The predicted molar refractivity (Wildman–Crippen MR) is 111 cm³/mol. The van der Waals surface area contributed by atoms with Gasteiger partial charge in [-0.25, -0.2) is 4.39 Å². The summed E-state index contributed by atoms with van der Waals surface area (Å²) in [4.78, 5) is 8.45. The van der Waals surface area contributed by atoms with Gasteiger partial charge in [-0.3, -0.25) is 4.98 Å². The summed E-state index contributed by atoms with van der Waals surface area (Å²) in [6.45, 7) is 0.959. The second kappa shape index (κ2) is 9.92. The zero-order chi connectivity index (χ0) is 21.5. The van der Waals surface area contributed by atoms with Crippen LogP contribution in [0.4, 0.5) is 4.39 Å². The van der Waals surface area contributed by atoms with E-state index in [1.807, 2.05) is 18.2 Å². The SMILES string of the molecule is COCCOCc1cc(-c2noc(-c3ccc(Oc4cccnc4)cc3)n2)ccc1F. The molecule has 0 radical (unpaired) electrons. The number of rotatable bonds is 9. The molecule has 0 bridgehead atoms. The lowest BCUT2D eigenvalue weighted by Crippen LogP contribution is -2.03. The maximum absolute atomic E-state index is 14.1. The molecule has 0 saturated heterocycles. The molecule has 7 nitrogen and oxygen atoms in total. The lowest BCUT2D eigenvalue weighted by atomic mass is 10.1. The zero-order valence-corrected chi connectivity index (χ0v) is 16.8. The minimum atomic E-state index is -0.353. The van der Waals surface area contributed by atoms with E-state index in [4.69, 9.17) is 18.7 Å². The molecule has 4 aromatic rings. The molecule has 0 spiro atoms. The van der Waals surface area contributed by atoms with Crippen molar-refractivity contribution in [2.75, 3.05) is 20.3 Å². The smallest absolute Gasteiger partial charge is 0.258 e. The molecule has 0 unspecified atom stereocenters. The van der Waals surface area contributed by atoms with E-state index in [1.54, 1.807) is 49.8 Å². The number of hydrogen-bond donors (Lipinski definition) is 0. The van der Waals surface area contributed by atoms with Crippen LogP contribution in [-0.4, -0.2) is 35.4 Å². The Morgan fingerprint density at radius 3 is 2.58 bits per heavy atom. The zero-order valence-electron chi connectivity index (χ0n) is 16.8. The van der Waals surface area contributed by atoms with E-state index in [-0.39, 0.29) is 12.4 Å². The van der Waals surface area contributed by atoms with Crippen molar-refractivity contribution in [3.8, 4) is 34.3 Å². The molecule has 31 heavy (non-hydrogen) atoms. The fourth-order valence-corrected chi connectivity index (χ4v) is 2.82. The van der Waals surface area contributed by atoms with Crippen molar-refractivity contribution in [2.45, 2.75) is 6.61 Å². The van der Waals surface area contributed by atoms with E-state index >= 15 is 0 Å². The second-order valence-corrected chi connectivity index (χ2v) is 6.59. The van der Waals surface area contributed by atoms with Crippen molar-refractivity contribution in [3.05, 3.63) is 78.4 Å². The average molecular weight is 421 g/mol. The molecule has 2 heterocycles. The molecule has 0 amide bonds. The van der Waals surface area contributed by atoms with E-state index in [0.717, 1.165) is 5.56 Å². The molecule has 0 saturated carbocycles. The first kappa shape index (κ1) is 20.6. The highest BCUT2D eigenvalue weighted by Crippen LogP contribution is 2.27. The van der Waals surface area contributed by atoms with Gasteiger partial charge in [-0.1, -0.05) is 5.16 Å². The highest BCUT2D eigenvalue weighted by Gasteiger charge is 2.13. The molecule has 0 atom stereocenters. The van der Waals surface area contributed by atoms with E-state index < -0.39 is 0 Å². The third-order valence-corrected chi connectivity index (χ3v) is 4.39. The van der Waals surface area contributed by atoms with Gasteiger partial charge >= 0.3 is 0 Å². The molecular formula is C23H20FN3O4. The van der Waals surface area contributed by atoms with Crippen LogP contribution < -0.4 is 4.74 Å². The number of ether oxygens (including phenoxy) is 3. The van der Waals surface area contributed by atoms with Crippen LogP contribution in [0.15, 0.2) is 71.5 Å². The Kier molecular flexibility index (Phi) is 6.61. The molecule has 2 aromatic heterocycles. The number of halogens is 1. The van der Waals surface area contributed by atoms with Crippen molar-refractivity contribution < 1.29 is 23.1 Å². The van der Waals surface area contributed by atoms with Crippen molar-refractivity contribution >= 4 is 0 Å². The molecule has 2 aromatic carbocycles. The Balaban J connectivity index is 1.46. The lowest BCUT2D eigenvalue weighted by Gasteiger charge is -2.06. The predicted octanol–water partition coefficient (Wildman–Crippen LogP) is 4.89. The molecule has 0 aliphatic carbocycles. The van der Waals surface area contributed by atoms with Crippen LogP contribution in [0.3, 0.4) is 0 Å². The number of nitrogens with zero attached hydrogens (tertiary/aromatic N) is 3. The summed E-state index contributed by atoms with van der Waals surface area (Å²) in [5, 5.41) is 4.02. The summed E-state index contributed by atoms with van der Waals surface area (Å²) < 4.78 is 35.5. The van der Waals surface area contributed by atoms with Crippen LogP contribution in [0, 0.1) is 5.82 Å². The summed E-state index contributed by atoms with van der Waals surface area (Å²) in [5.41, 5.74) is 1.79. The first-order valence-electron chi connectivity index (χ1n) is 9.60. The van der Waals surface area contributed by atoms with Crippen LogP contribution >= 0.6 is 0 Å². The van der Waals surface area contributed by atoms with Gasteiger partial charge in [0.25, 0.3) is 5.89 Å². The van der Waals surface area contributed by atoms with Crippen molar-refractivity contribution in [1.29, 1.82) is 0 Å². The standard InChI is InChI=1S/C23H20FN3O4/c1-28-11-12-29-15-18-13-17(6-9-21(18)24)22-26-23(31-27-22)16-4-7-19(8-5-16)30-20-3-2-10-25-14-20/h2-10,13-14H,11-12,15H2,1H3. The number of hydrogen-bond acceptors (Lipinski definition) is 7. The van der Waals surface area contributed by atoms with E-state index in [9.17, 15) is 4.39 Å². The molecule has 0 aliphatic heterocycles. The summed E-state index contributed by atoms with van der Waals surface area (Å²) in [6, 6.07) is 15.5. The summed E-state index contributed by atoms with van der Waals surface area (Å²) in [7, 11) is 1.58. The fourth-order valence-electron chi connectivity index (χ4n) is 2.82. The van der Waals surface area contributed by atoms with Gasteiger partial charge in [-0.2, -0.15) is 4.98 Å². The van der Waals surface area contributed by atoms with Crippen LogP contribution in [-0.2, 0) is 16.1 Å². The van der Waals surface area contributed by atoms with Gasteiger partial charge in [-0.05, 0) is 54.6 Å². The third-order valence-electron chi connectivity index (χ3n) is 4.39. The highest BCUT2D eigenvalue weighted by atomic mass is 19.1. The Morgan fingerprint density at radius 1 is 0.968 bits per heavy atom. The quantitative estimate of drug-likeness (QED) is 0.356. The van der Waals surface area contributed by atoms with E-state index in [1.165, 1.54) is 6.07 Å². The van der Waals surface area contributed by atoms with Gasteiger partial charge in [0.1, 0.15) is 17.3 Å². The van der Waals surface area contributed by atoms with Crippen LogP contribution in [0.1, 0.15) is 5.56 Å². The van der Waals surface area contributed by atoms with Gasteiger partial charge in [0.15, 0.2) is 0 Å². The molecule has 158 valence electrons. The lowest BCUT2D eigenvalue weighted by molar-refractivity contribution is 0.0604. The second-order valence-electron chi connectivity index (χ2n) is 6.59. The number of benzene rings is 2. The number of aromatic nitrogens is 3. The average Bonchev–Trinajstić information content (AvgIpc) is 3.29. The van der Waals surface area contributed by atoms with Gasteiger partial charge in [0.05, 0.1) is 26.0 Å². The highest BCUT2D eigenvalue weighted by molar-refractivity contribution is 5.61. The maximum Gasteiger partial charge on any atom is 0.258 e. The van der Waals surface area contributed by atoms with Gasteiger partial charge in [0, 0.05) is 30.0 Å².